The fourth-order valence-corrected chi connectivity index (χ4v) is 1.77. The van der Waals surface area contributed by atoms with Gasteiger partial charge in [-0.1, -0.05) is 12.1 Å². The molecule has 1 radical (unpaired) electrons. The summed E-state index contributed by atoms with van der Waals surface area (Å²) in [5.74, 6) is 0.817. The molecule has 0 aliphatic carbocycles. The first-order chi connectivity index (χ1) is 7.86. The second-order valence-electron chi connectivity index (χ2n) is 5.36. The monoisotopic (exact) mass is 273 g/mol. The zero-order chi connectivity index (χ0) is 12.7. The third-order valence-corrected chi connectivity index (χ3v) is 3.62. The Kier molecular flexibility index (Phi) is 5.52. The predicted octanol–water partition coefficient (Wildman–Crippen LogP) is 1.61. The van der Waals surface area contributed by atoms with Gasteiger partial charge in [0, 0.05) is 51.4 Å². The summed E-state index contributed by atoms with van der Waals surface area (Å²) >= 11 is 0. The molecule has 5 heteroatoms. The van der Waals surface area contributed by atoms with Crippen LogP contribution in [0.1, 0.15) is 27.7 Å². The Morgan fingerprint density at radius 2 is 1.61 bits per heavy atom. The van der Waals surface area contributed by atoms with Crippen LogP contribution in [0.15, 0.2) is 24.3 Å². The molecule has 1 saturated heterocycles. The molecule has 1 aliphatic rings. The number of hydrogen-bond acceptors (Lipinski definition) is 3. The maximum absolute atomic E-state index is 5.97. The van der Waals surface area contributed by atoms with Gasteiger partial charge in [0.25, 0.3) is 0 Å². The number of ether oxygens (including phenoxy) is 1. The van der Waals surface area contributed by atoms with Crippen molar-refractivity contribution in [3.05, 3.63) is 24.3 Å². The van der Waals surface area contributed by atoms with Crippen LogP contribution in [0, 0.1) is 0 Å². The Bertz CT molecular complexity index is 404. The quantitative estimate of drug-likeness (QED) is 0.766. The van der Waals surface area contributed by atoms with E-state index in [0.29, 0.717) is 0 Å². The SMILES string of the molecule is COc1cccc(B2OC(C)(C)C(C)(C)O2)c1.[K]. The van der Waals surface area contributed by atoms with Crippen molar-refractivity contribution in [3.63, 3.8) is 0 Å². The average Bonchev–Trinajstić information content (AvgIpc) is 2.48. The Labute approximate surface area is 152 Å². The number of methoxy groups -OCH3 is 1. The van der Waals surface area contributed by atoms with E-state index in [0.717, 1.165) is 11.2 Å². The zero-order valence-electron chi connectivity index (χ0n) is 12.1. The van der Waals surface area contributed by atoms with Crippen molar-refractivity contribution in [2.45, 2.75) is 38.9 Å². The van der Waals surface area contributed by atoms with Crippen LogP contribution >= 0.6 is 0 Å². The number of benzene rings is 1. The van der Waals surface area contributed by atoms with Crippen molar-refractivity contribution in [2.75, 3.05) is 7.11 Å². The minimum atomic E-state index is -0.324. The summed E-state index contributed by atoms with van der Waals surface area (Å²) in [5, 5.41) is 0. The summed E-state index contributed by atoms with van der Waals surface area (Å²) in [6.45, 7) is 8.20. The van der Waals surface area contributed by atoms with Crippen LogP contribution in [0.3, 0.4) is 0 Å². The molecule has 0 N–H and O–H groups in total. The van der Waals surface area contributed by atoms with Crippen molar-refractivity contribution >= 4 is 64.0 Å². The maximum Gasteiger partial charge on any atom is 0.494 e. The molecule has 1 heterocycles. The normalized spacial score (nSPS) is 20.4. The summed E-state index contributed by atoms with van der Waals surface area (Å²) in [5.41, 5.74) is 0.379. The summed E-state index contributed by atoms with van der Waals surface area (Å²) in [6.07, 6.45) is 0. The Balaban J connectivity index is 0.00000162. The first kappa shape index (κ1) is 16.7. The van der Waals surface area contributed by atoms with Crippen LogP contribution in [0.2, 0.25) is 0 Å². The van der Waals surface area contributed by atoms with Gasteiger partial charge in [0.1, 0.15) is 5.75 Å². The molecule has 18 heavy (non-hydrogen) atoms. The van der Waals surface area contributed by atoms with Gasteiger partial charge < -0.3 is 14.0 Å². The molecule has 0 amide bonds. The van der Waals surface area contributed by atoms with Gasteiger partial charge in [-0.25, -0.2) is 0 Å². The molecule has 2 rings (SSSR count). The molecule has 1 aromatic rings. The molecule has 0 bridgehead atoms. The minimum absolute atomic E-state index is 0. The van der Waals surface area contributed by atoms with E-state index >= 15 is 0 Å². The van der Waals surface area contributed by atoms with Gasteiger partial charge in [-0.3, -0.25) is 0 Å². The molecule has 0 unspecified atom stereocenters. The first-order valence-electron chi connectivity index (χ1n) is 5.85. The van der Waals surface area contributed by atoms with Gasteiger partial charge in [0.15, 0.2) is 0 Å². The van der Waals surface area contributed by atoms with Crippen LogP contribution in [-0.2, 0) is 9.31 Å². The van der Waals surface area contributed by atoms with Crippen LogP contribution in [0.25, 0.3) is 0 Å². The second kappa shape index (κ2) is 5.96. The summed E-state index contributed by atoms with van der Waals surface area (Å²) in [6, 6.07) is 7.79. The largest absolute Gasteiger partial charge is 0.497 e. The zero-order valence-corrected chi connectivity index (χ0v) is 15.2. The van der Waals surface area contributed by atoms with E-state index in [1.54, 1.807) is 7.11 Å². The number of rotatable bonds is 2. The number of hydrogen-bond donors (Lipinski definition) is 0. The first-order valence-corrected chi connectivity index (χ1v) is 5.85. The summed E-state index contributed by atoms with van der Waals surface area (Å²) < 4.78 is 17.2. The second-order valence-corrected chi connectivity index (χ2v) is 5.36. The average molecular weight is 273 g/mol. The van der Waals surface area contributed by atoms with E-state index in [4.69, 9.17) is 14.0 Å². The van der Waals surface area contributed by atoms with Crippen LogP contribution in [0.5, 0.6) is 5.75 Å². The van der Waals surface area contributed by atoms with E-state index in [2.05, 4.69) is 0 Å². The Hall–Kier alpha value is 0.641. The van der Waals surface area contributed by atoms with Crippen molar-refractivity contribution < 1.29 is 14.0 Å². The molecule has 1 aromatic carbocycles. The Morgan fingerprint density at radius 1 is 1.06 bits per heavy atom. The van der Waals surface area contributed by atoms with Crippen LogP contribution in [-0.4, -0.2) is 76.8 Å². The third-order valence-electron chi connectivity index (χ3n) is 3.62. The fourth-order valence-electron chi connectivity index (χ4n) is 1.77. The minimum Gasteiger partial charge on any atom is -0.497 e. The fraction of sp³-hybridized carbons (Fsp3) is 0.538. The van der Waals surface area contributed by atoms with E-state index in [9.17, 15) is 0 Å². The van der Waals surface area contributed by atoms with E-state index in [1.807, 2.05) is 52.0 Å². The summed E-state index contributed by atoms with van der Waals surface area (Å²) in [7, 11) is 1.33. The molecule has 1 aliphatic heterocycles. The molecule has 93 valence electrons. The molecule has 1 fully saturated rings. The van der Waals surface area contributed by atoms with Gasteiger partial charge in [-0.05, 0) is 45.3 Å². The van der Waals surface area contributed by atoms with Gasteiger partial charge in [-0.15, -0.1) is 0 Å². The van der Waals surface area contributed by atoms with Crippen molar-refractivity contribution in [3.8, 4) is 5.75 Å². The molecule has 0 spiro atoms. The topological polar surface area (TPSA) is 27.7 Å². The van der Waals surface area contributed by atoms with Crippen molar-refractivity contribution in [1.29, 1.82) is 0 Å². The van der Waals surface area contributed by atoms with Crippen LogP contribution < -0.4 is 10.2 Å². The Morgan fingerprint density at radius 3 is 2.11 bits per heavy atom. The molecular formula is C13H19BKO3. The standard InChI is InChI=1S/C13H19BO3.K/c1-12(2)13(3,4)17-14(16-12)10-7-6-8-11(9-10)15-5;/h6-9H,1-5H3;. The molecule has 3 nitrogen and oxygen atoms in total. The molecule has 0 atom stereocenters. The predicted molar refractivity (Wildman–Crippen MR) is 74.5 cm³/mol. The third kappa shape index (κ3) is 3.20. The van der Waals surface area contributed by atoms with E-state index < -0.39 is 0 Å². The van der Waals surface area contributed by atoms with E-state index in [-0.39, 0.29) is 69.7 Å². The maximum atomic E-state index is 5.97. The molecule has 0 saturated carbocycles. The molecular weight excluding hydrogens is 254 g/mol. The smallest absolute Gasteiger partial charge is 0.494 e. The van der Waals surface area contributed by atoms with Gasteiger partial charge in [-0.2, -0.15) is 0 Å². The van der Waals surface area contributed by atoms with Gasteiger partial charge >= 0.3 is 7.12 Å². The van der Waals surface area contributed by atoms with E-state index in [1.165, 1.54) is 0 Å². The summed E-state index contributed by atoms with van der Waals surface area (Å²) in [4.78, 5) is 0. The molecule has 0 aromatic heterocycles. The van der Waals surface area contributed by atoms with Gasteiger partial charge in [0.2, 0.25) is 0 Å². The van der Waals surface area contributed by atoms with Crippen LogP contribution in [0.4, 0.5) is 0 Å². The van der Waals surface area contributed by atoms with Crippen molar-refractivity contribution in [1.82, 2.24) is 0 Å². The van der Waals surface area contributed by atoms with Crippen molar-refractivity contribution in [2.24, 2.45) is 0 Å². The van der Waals surface area contributed by atoms with Gasteiger partial charge in [0.05, 0.1) is 18.3 Å².